The summed E-state index contributed by atoms with van der Waals surface area (Å²) >= 11 is 0. The second kappa shape index (κ2) is 9.23. The van der Waals surface area contributed by atoms with Gasteiger partial charge in [-0.3, -0.25) is 4.79 Å². The third kappa shape index (κ3) is 5.34. The summed E-state index contributed by atoms with van der Waals surface area (Å²) in [6, 6.07) is 11.7. The maximum absolute atomic E-state index is 13.5. The van der Waals surface area contributed by atoms with Crippen LogP contribution in [0, 0.1) is 5.82 Å². The van der Waals surface area contributed by atoms with Gasteiger partial charge in [-0.2, -0.15) is 0 Å². The first-order valence-electron chi connectivity index (χ1n) is 8.84. The largest absolute Gasteiger partial charge is 0.492 e. The van der Waals surface area contributed by atoms with Gasteiger partial charge < -0.3 is 24.4 Å². The minimum Gasteiger partial charge on any atom is -0.492 e. The summed E-state index contributed by atoms with van der Waals surface area (Å²) in [5.74, 6) is 0.922. The number of hydrogen-bond donors (Lipinski definition) is 1. The first-order valence-corrected chi connectivity index (χ1v) is 8.84. The first-order chi connectivity index (χ1) is 13.1. The lowest BCUT2D eigenvalue weighted by atomic mass is 10.2. The van der Waals surface area contributed by atoms with Gasteiger partial charge in [-0.1, -0.05) is 18.2 Å². The molecule has 1 heterocycles. The molecule has 0 fully saturated rings. The van der Waals surface area contributed by atoms with Gasteiger partial charge in [0.15, 0.2) is 18.2 Å². The van der Waals surface area contributed by atoms with Gasteiger partial charge in [0, 0.05) is 31.8 Å². The van der Waals surface area contributed by atoms with E-state index in [2.05, 4.69) is 5.32 Å². The molecule has 27 heavy (non-hydrogen) atoms. The maximum Gasteiger partial charge on any atom is 0.260 e. The van der Waals surface area contributed by atoms with E-state index in [1.54, 1.807) is 31.3 Å². The smallest absolute Gasteiger partial charge is 0.260 e. The number of likely N-dealkylation sites (N-methyl/N-ethyl adjacent to an activating group) is 1. The zero-order valence-corrected chi connectivity index (χ0v) is 15.2. The van der Waals surface area contributed by atoms with Crippen LogP contribution in [0.15, 0.2) is 42.5 Å². The predicted octanol–water partition coefficient (Wildman–Crippen LogP) is 2.22. The molecule has 0 radical (unpaired) electrons. The molecular weight excluding hydrogens is 351 g/mol. The number of rotatable bonds is 7. The van der Waals surface area contributed by atoms with Gasteiger partial charge in [0.25, 0.3) is 5.91 Å². The number of halogens is 1. The molecule has 0 atom stereocenters. The molecule has 7 heteroatoms. The minimum atomic E-state index is -0.421. The quantitative estimate of drug-likeness (QED) is 0.805. The molecule has 1 aliphatic heterocycles. The summed E-state index contributed by atoms with van der Waals surface area (Å²) in [4.78, 5) is 13.7. The summed E-state index contributed by atoms with van der Waals surface area (Å²) in [6.07, 6.45) is 0. The normalized spacial score (nSPS) is 13.1. The van der Waals surface area contributed by atoms with E-state index < -0.39 is 5.82 Å². The van der Waals surface area contributed by atoms with E-state index in [9.17, 15) is 9.18 Å². The number of fused-ring (bicyclic) bond motifs is 1. The van der Waals surface area contributed by atoms with Crippen LogP contribution in [0.4, 0.5) is 4.39 Å². The number of hydrogen-bond acceptors (Lipinski definition) is 5. The van der Waals surface area contributed by atoms with Crippen molar-refractivity contribution in [3.63, 3.8) is 0 Å². The van der Waals surface area contributed by atoms with Crippen molar-refractivity contribution in [3.05, 3.63) is 53.8 Å². The zero-order valence-electron chi connectivity index (χ0n) is 15.2. The minimum absolute atomic E-state index is 0.0900. The molecule has 0 saturated carbocycles. The molecule has 3 rings (SSSR count). The molecule has 0 aromatic heterocycles. The van der Waals surface area contributed by atoms with Crippen molar-refractivity contribution >= 4 is 5.91 Å². The average Bonchev–Trinajstić information content (AvgIpc) is 2.92. The fourth-order valence-corrected chi connectivity index (χ4v) is 2.60. The fraction of sp³-hybridized carbons (Fsp3) is 0.350. The summed E-state index contributed by atoms with van der Waals surface area (Å²) in [6.45, 7) is 2.58. The van der Waals surface area contributed by atoms with Gasteiger partial charge >= 0.3 is 0 Å². The van der Waals surface area contributed by atoms with E-state index >= 15 is 0 Å². The van der Waals surface area contributed by atoms with E-state index in [4.69, 9.17) is 14.2 Å². The SMILES string of the molecule is CN(CCOc1ccccc1F)C(=O)COc1ccc2c(c1)OCCNC2. The number of ether oxygens (including phenoxy) is 3. The van der Waals surface area contributed by atoms with Crippen molar-refractivity contribution in [1.29, 1.82) is 0 Å². The van der Waals surface area contributed by atoms with Crippen molar-refractivity contribution in [3.8, 4) is 17.2 Å². The number of para-hydroxylation sites is 1. The molecule has 0 bridgehead atoms. The third-order valence-corrected chi connectivity index (χ3v) is 4.20. The van der Waals surface area contributed by atoms with Crippen molar-refractivity contribution < 1.29 is 23.4 Å². The van der Waals surface area contributed by atoms with Crippen LogP contribution < -0.4 is 19.5 Å². The van der Waals surface area contributed by atoms with Gasteiger partial charge in [-0.15, -0.1) is 0 Å². The lowest BCUT2D eigenvalue weighted by molar-refractivity contribution is -0.132. The number of nitrogens with zero attached hydrogens (tertiary/aromatic N) is 1. The number of benzene rings is 2. The highest BCUT2D eigenvalue weighted by Crippen LogP contribution is 2.26. The summed E-state index contributed by atoms with van der Waals surface area (Å²) in [5.41, 5.74) is 1.06. The molecule has 2 aromatic rings. The highest BCUT2D eigenvalue weighted by molar-refractivity contribution is 5.77. The van der Waals surface area contributed by atoms with Crippen molar-refractivity contribution in [2.45, 2.75) is 6.54 Å². The van der Waals surface area contributed by atoms with E-state index in [1.165, 1.54) is 11.0 Å². The van der Waals surface area contributed by atoms with Crippen molar-refractivity contribution in [1.82, 2.24) is 10.2 Å². The third-order valence-electron chi connectivity index (χ3n) is 4.20. The monoisotopic (exact) mass is 374 g/mol. The van der Waals surface area contributed by atoms with Crippen LogP contribution in [0.1, 0.15) is 5.56 Å². The Morgan fingerprint density at radius 2 is 2.11 bits per heavy atom. The molecule has 0 spiro atoms. The topological polar surface area (TPSA) is 60.0 Å². The number of carbonyl (C=O) groups excluding carboxylic acids is 1. The second-order valence-electron chi connectivity index (χ2n) is 6.18. The highest BCUT2D eigenvalue weighted by Gasteiger charge is 2.13. The van der Waals surface area contributed by atoms with E-state index in [0.29, 0.717) is 18.9 Å². The molecule has 0 unspecified atom stereocenters. The molecule has 0 saturated heterocycles. The molecule has 1 N–H and O–H groups in total. The highest BCUT2D eigenvalue weighted by atomic mass is 19.1. The first kappa shape index (κ1) is 19.0. The Kier molecular flexibility index (Phi) is 6.49. The van der Waals surface area contributed by atoms with Crippen LogP contribution in [0.3, 0.4) is 0 Å². The lowest BCUT2D eigenvalue weighted by Gasteiger charge is -2.18. The van der Waals surface area contributed by atoms with Gasteiger partial charge in [0.2, 0.25) is 0 Å². The van der Waals surface area contributed by atoms with Gasteiger partial charge in [0.05, 0.1) is 6.54 Å². The number of carbonyl (C=O) groups is 1. The Bertz CT molecular complexity index is 784. The van der Waals surface area contributed by atoms with Crippen molar-refractivity contribution in [2.75, 3.05) is 40.0 Å². The van der Waals surface area contributed by atoms with Gasteiger partial charge in [-0.05, 0) is 18.2 Å². The molecule has 1 aliphatic rings. The van der Waals surface area contributed by atoms with Crippen LogP contribution >= 0.6 is 0 Å². The Morgan fingerprint density at radius 1 is 1.26 bits per heavy atom. The van der Waals surface area contributed by atoms with Crippen LogP contribution in [-0.2, 0) is 11.3 Å². The summed E-state index contributed by atoms with van der Waals surface area (Å²) < 4.78 is 30.1. The number of amides is 1. The van der Waals surface area contributed by atoms with Crippen LogP contribution in [-0.4, -0.2) is 50.8 Å². The Labute approximate surface area is 157 Å². The van der Waals surface area contributed by atoms with E-state index in [0.717, 1.165) is 24.4 Å². The van der Waals surface area contributed by atoms with Crippen LogP contribution in [0.25, 0.3) is 0 Å². The number of nitrogens with one attached hydrogen (secondary N) is 1. The lowest BCUT2D eigenvalue weighted by Crippen LogP contribution is -2.34. The molecular formula is C20H23FN2O4. The van der Waals surface area contributed by atoms with Crippen LogP contribution in [0.5, 0.6) is 17.2 Å². The van der Waals surface area contributed by atoms with Gasteiger partial charge in [-0.25, -0.2) is 4.39 Å². The van der Waals surface area contributed by atoms with E-state index in [1.807, 2.05) is 12.1 Å². The molecule has 2 aromatic carbocycles. The standard InChI is InChI=1S/C20H23FN2O4/c1-23(9-11-26-18-5-3-2-4-17(18)21)20(24)14-27-16-7-6-15-13-22-8-10-25-19(15)12-16/h2-7,12,22H,8-11,13-14H2,1H3. The average molecular weight is 374 g/mol. The Balaban J connectivity index is 1.44. The molecule has 0 aliphatic carbocycles. The summed E-state index contributed by atoms with van der Waals surface area (Å²) in [5, 5.41) is 3.26. The molecule has 6 nitrogen and oxygen atoms in total. The zero-order chi connectivity index (χ0) is 19.1. The summed E-state index contributed by atoms with van der Waals surface area (Å²) in [7, 11) is 1.65. The van der Waals surface area contributed by atoms with Gasteiger partial charge in [0.1, 0.15) is 24.7 Å². The van der Waals surface area contributed by atoms with Crippen molar-refractivity contribution in [2.24, 2.45) is 0 Å². The fourth-order valence-electron chi connectivity index (χ4n) is 2.60. The Morgan fingerprint density at radius 3 is 2.96 bits per heavy atom. The maximum atomic E-state index is 13.5. The molecule has 144 valence electrons. The van der Waals surface area contributed by atoms with E-state index in [-0.39, 0.29) is 24.9 Å². The van der Waals surface area contributed by atoms with Crippen LogP contribution in [0.2, 0.25) is 0 Å². The second-order valence-corrected chi connectivity index (χ2v) is 6.18. The Hall–Kier alpha value is -2.80. The predicted molar refractivity (Wildman–Crippen MR) is 98.7 cm³/mol. The molecule has 1 amide bonds.